The van der Waals surface area contributed by atoms with Gasteiger partial charge >= 0.3 is 0 Å². The van der Waals surface area contributed by atoms with Crippen LogP contribution in [0.2, 0.25) is 0 Å². The predicted molar refractivity (Wildman–Crippen MR) is 222 cm³/mol. The summed E-state index contributed by atoms with van der Waals surface area (Å²) in [4.78, 5) is 45.9. The number of phenols is 1. The normalized spacial score (nSPS) is 19.8. The summed E-state index contributed by atoms with van der Waals surface area (Å²) in [5.74, 6) is 0.141. The van der Waals surface area contributed by atoms with Crippen molar-refractivity contribution in [2.24, 2.45) is 5.92 Å². The van der Waals surface area contributed by atoms with E-state index in [-0.39, 0.29) is 29.9 Å². The van der Waals surface area contributed by atoms with Crippen molar-refractivity contribution in [1.29, 1.82) is 0 Å². The number of piperazine rings is 1. The minimum Gasteiger partial charge on any atom is -0.508 e. The third-order valence-electron chi connectivity index (χ3n) is 12.2. The Morgan fingerprint density at radius 1 is 0.661 bits per heavy atom. The molecular formula is C47H47N5O4. The van der Waals surface area contributed by atoms with Gasteiger partial charge in [-0.05, 0) is 106 Å². The van der Waals surface area contributed by atoms with E-state index in [1.807, 2.05) is 18.2 Å². The zero-order valence-electron chi connectivity index (χ0n) is 31.6. The molecule has 9 heteroatoms. The molecule has 3 saturated heterocycles. The second-order valence-corrected chi connectivity index (χ2v) is 15.7. The summed E-state index contributed by atoms with van der Waals surface area (Å²) < 4.78 is 0. The SMILES string of the molecule is O=C1CCC(N2CC(c3ccc(N4CCN(CC5CCN(c6ccc(-c7c(-c8ccccc8)ccc8cc(O)ccc78)cc6)CC5)CC4)cc3)=CC2=O)C(=O)N1. The number of rotatable bonds is 8. The number of imide groups is 1. The number of carbonyl (C=O) groups is 3. The van der Waals surface area contributed by atoms with E-state index in [4.69, 9.17) is 0 Å². The lowest BCUT2D eigenvalue weighted by Crippen LogP contribution is -2.53. The minimum absolute atomic E-state index is 0.173. The molecular weight excluding hydrogens is 699 g/mol. The number of amides is 3. The third kappa shape index (κ3) is 7.27. The first-order chi connectivity index (χ1) is 27.4. The number of phenolic OH excluding ortho intramolecular Hbond substituents is 1. The molecule has 3 fully saturated rings. The van der Waals surface area contributed by atoms with Gasteiger partial charge < -0.3 is 19.8 Å². The second kappa shape index (κ2) is 15.3. The van der Waals surface area contributed by atoms with Crippen LogP contribution in [0.3, 0.4) is 0 Å². The van der Waals surface area contributed by atoms with Crippen LogP contribution in [0, 0.1) is 5.92 Å². The highest BCUT2D eigenvalue weighted by Gasteiger charge is 2.37. The largest absolute Gasteiger partial charge is 0.508 e. The number of piperidine rings is 2. The maximum absolute atomic E-state index is 12.8. The van der Waals surface area contributed by atoms with Crippen LogP contribution in [0.25, 0.3) is 38.6 Å². The van der Waals surface area contributed by atoms with Crippen LogP contribution in [-0.2, 0) is 14.4 Å². The van der Waals surface area contributed by atoms with Gasteiger partial charge in [0.2, 0.25) is 17.7 Å². The van der Waals surface area contributed by atoms with Crippen molar-refractivity contribution in [3.8, 4) is 28.0 Å². The fourth-order valence-electron chi connectivity index (χ4n) is 9.10. The Kier molecular flexibility index (Phi) is 9.77. The lowest BCUT2D eigenvalue weighted by Gasteiger charge is -2.40. The molecule has 9 rings (SSSR count). The van der Waals surface area contributed by atoms with Gasteiger partial charge in [-0.1, -0.05) is 72.8 Å². The topological polar surface area (TPSA) is 96.4 Å². The molecule has 5 aromatic rings. The number of anilines is 2. The van der Waals surface area contributed by atoms with Crippen LogP contribution in [0.4, 0.5) is 11.4 Å². The quantitative estimate of drug-likeness (QED) is 0.166. The van der Waals surface area contributed by atoms with Crippen LogP contribution < -0.4 is 15.1 Å². The molecule has 4 aliphatic rings. The van der Waals surface area contributed by atoms with E-state index in [9.17, 15) is 19.5 Å². The average Bonchev–Trinajstić information content (AvgIpc) is 3.62. The third-order valence-corrected chi connectivity index (χ3v) is 12.2. The first-order valence-electron chi connectivity index (χ1n) is 20.0. The predicted octanol–water partition coefficient (Wildman–Crippen LogP) is 6.95. The number of hydrogen-bond donors (Lipinski definition) is 2. The van der Waals surface area contributed by atoms with Crippen LogP contribution in [0.1, 0.15) is 31.2 Å². The fourth-order valence-corrected chi connectivity index (χ4v) is 9.10. The van der Waals surface area contributed by atoms with Crippen LogP contribution in [0.15, 0.2) is 115 Å². The molecule has 56 heavy (non-hydrogen) atoms. The number of nitrogens with zero attached hydrogens (tertiary/aromatic N) is 4. The standard InChI is InChI=1S/C47H47N5O4/c53-40-15-17-42-36(28-40)10-16-41(34-4-2-1-3-5-34)46(42)35-8-13-38(14-9-35)50-22-20-32(21-23-50)30-49-24-26-51(27-25-49)39-11-6-33(7-12-39)37-29-45(55)52(31-37)43-18-19-44(54)48-47(43)56/h1-17,28-29,32,43,53H,18-27,30-31H2,(H,48,54,56). The van der Waals surface area contributed by atoms with E-state index < -0.39 is 6.04 Å². The van der Waals surface area contributed by atoms with E-state index in [0.29, 0.717) is 18.9 Å². The molecule has 1 unspecified atom stereocenters. The van der Waals surface area contributed by atoms with Gasteiger partial charge in [0.15, 0.2) is 0 Å². The fraction of sp³-hybridized carbons (Fsp3) is 0.298. The first-order valence-corrected chi connectivity index (χ1v) is 20.0. The molecule has 0 aliphatic carbocycles. The van der Waals surface area contributed by atoms with Gasteiger partial charge in [-0.15, -0.1) is 0 Å². The van der Waals surface area contributed by atoms with Crippen molar-refractivity contribution in [2.45, 2.75) is 31.7 Å². The molecule has 9 nitrogen and oxygen atoms in total. The summed E-state index contributed by atoms with van der Waals surface area (Å²) in [7, 11) is 0. The molecule has 0 spiro atoms. The average molecular weight is 746 g/mol. The zero-order chi connectivity index (χ0) is 38.2. The van der Waals surface area contributed by atoms with Gasteiger partial charge in [0.05, 0.1) is 0 Å². The van der Waals surface area contributed by atoms with Crippen LogP contribution >= 0.6 is 0 Å². The summed E-state index contributed by atoms with van der Waals surface area (Å²) in [6, 6.07) is 37.4. The summed E-state index contributed by atoms with van der Waals surface area (Å²) in [6.45, 7) is 7.70. The van der Waals surface area contributed by atoms with Gasteiger partial charge in [0.1, 0.15) is 11.8 Å². The summed E-state index contributed by atoms with van der Waals surface area (Å²) in [5.41, 5.74) is 9.09. The number of nitrogens with one attached hydrogen (secondary N) is 1. The number of aromatic hydroxyl groups is 1. The van der Waals surface area contributed by atoms with Gasteiger partial charge in [0, 0.05) is 76.2 Å². The maximum atomic E-state index is 12.8. The Hall–Kier alpha value is -5.93. The summed E-state index contributed by atoms with van der Waals surface area (Å²) in [6.07, 6.45) is 4.63. The molecule has 0 bridgehead atoms. The Balaban J connectivity index is 0.771. The lowest BCUT2D eigenvalue weighted by atomic mass is 9.89. The number of fused-ring (bicyclic) bond motifs is 1. The van der Waals surface area contributed by atoms with Gasteiger partial charge in [-0.3, -0.25) is 24.6 Å². The molecule has 2 N–H and O–H groups in total. The molecule has 3 amide bonds. The van der Waals surface area contributed by atoms with Crippen molar-refractivity contribution in [2.75, 3.05) is 62.2 Å². The first kappa shape index (κ1) is 35.8. The Labute approximate surface area is 327 Å². The molecule has 5 aromatic carbocycles. The molecule has 0 radical (unpaired) electrons. The van der Waals surface area contributed by atoms with E-state index >= 15 is 0 Å². The Morgan fingerprint density at radius 3 is 2.04 bits per heavy atom. The lowest BCUT2D eigenvalue weighted by molar-refractivity contribution is -0.142. The molecule has 284 valence electrons. The smallest absolute Gasteiger partial charge is 0.249 e. The number of benzene rings is 5. The summed E-state index contributed by atoms with van der Waals surface area (Å²) >= 11 is 0. The van der Waals surface area contributed by atoms with Crippen LogP contribution in [-0.4, -0.2) is 91.0 Å². The molecule has 0 saturated carbocycles. The van der Waals surface area contributed by atoms with Crippen molar-refractivity contribution in [3.63, 3.8) is 0 Å². The molecule has 4 heterocycles. The van der Waals surface area contributed by atoms with Crippen molar-refractivity contribution >= 4 is 45.4 Å². The highest BCUT2D eigenvalue weighted by atomic mass is 16.3. The van der Waals surface area contributed by atoms with Gasteiger partial charge in [0.25, 0.3) is 0 Å². The molecule has 0 aromatic heterocycles. The van der Waals surface area contributed by atoms with Crippen molar-refractivity contribution in [1.82, 2.24) is 15.1 Å². The molecule has 1 atom stereocenters. The van der Waals surface area contributed by atoms with E-state index in [0.717, 1.165) is 67.7 Å². The van der Waals surface area contributed by atoms with Crippen molar-refractivity contribution < 1.29 is 19.5 Å². The zero-order valence-corrected chi connectivity index (χ0v) is 31.6. The van der Waals surface area contributed by atoms with Crippen LogP contribution in [0.5, 0.6) is 5.75 Å². The molecule has 4 aliphatic heterocycles. The highest BCUT2D eigenvalue weighted by Crippen LogP contribution is 2.40. The second-order valence-electron chi connectivity index (χ2n) is 15.7. The summed E-state index contributed by atoms with van der Waals surface area (Å²) in [5, 5.41) is 14.7. The van der Waals surface area contributed by atoms with Gasteiger partial charge in [-0.25, -0.2) is 0 Å². The maximum Gasteiger partial charge on any atom is 0.249 e. The van der Waals surface area contributed by atoms with Gasteiger partial charge in [-0.2, -0.15) is 0 Å². The van der Waals surface area contributed by atoms with E-state index in [1.54, 1.807) is 17.0 Å². The van der Waals surface area contributed by atoms with E-state index in [2.05, 4.69) is 105 Å². The highest BCUT2D eigenvalue weighted by molar-refractivity contribution is 6.07. The number of carbonyl (C=O) groups excluding carboxylic acids is 3. The monoisotopic (exact) mass is 745 g/mol. The Bertz CT molecular complexity index is 2290. The van der Waals surface area contributed by atoms with E-state index in [1.165, 1.54) is 46.5 Å². The van der Waals surface area contributed by atoms with Crippen molar-refractivity contribution in [3.05, 3.63) is 121 Å². The minimum atomic E-state index is -0.593. The number of hydrogen-bond acceptors (Lipinski definition) is 7. The Morgan fingerprint density at radius 2 is 1.34 bits per heavy atom.